The minimum Gasteiger partial charge on any atom is -0.453 e. The summed E-state index contributed by atoms with van der Waals surface area (Å²) in [4.78, 5) is 17.2. The third kappa shape index (κ3) is 4.46. The van der Waals surface area contributed by atoms with Crippen LogP contribution in [0, 0.1) is 25.5 Å². The van der Waals surface area contributed by atoms with Crippen molar-refractivity contribution >= 4 is 17.2 Å². The minimum atomic E-state index is -0.678. The van der Waals surface area contributed by atoms with Crippen molar-refractivity contribution < 1.29 is 28.2 Å². The molecule has 0 saturated carbocycles. The van der Waals surface area contributed by atoms with Crippen LogP contribution in [0.25, 0.3) is 16.9 Å². The summed E-state index contributed by atoms with van der Waals surface area (Å²) in [6, 6.07) is 16.1. The van der Waals surface area contributed by atoms with E-state index in [9.17, 15) is 18.8 Å². The summed E-state index contributed by atoms with van der Waals surface area (Å²) in [7, 11) is 0. The zero-order valence-electron chi connectivity index (χ0n) is 19.4. The molecule has 2 N–H and O–H groups in total. The van der Waals surface area contributed by atoms with E-state index in [0.717, 1.165) is 22.1 Å². The first-order chi connectivity index (χ1) is 17.3. The number of aromatic nitrogens is 3. The van der Waals surface area contributed by atoms with Gasteiger partial charge in [0.05, 0.1) is 17.5 Å². The molecule has 0 spiro atoms. The van der Waals surface area contributed by atoms with Crippen LogP contribution in [0.3, 0.4) is 0 Å². The van der Waals surface area contributed by atoms with Crippen LogP contribution < -0.4 is 14.8 Å². The quantitative estimate of drug-likeness (QED) is 0.255. The molecule has 0 saturated heterocycles. The molecule has 0 aliphatic rings. The van der Waals surface area contributed by atoms with Gasteiger partial charge in [0, 0.05) is 34.3 Å². The molecule has 0 unspecified atom stereocenters. The lowest BCUT2D eigenvalue weighted by atomic mass is 10.1. The van der Waals surface area contributed by atoms with Crippen molar-refractivity contribution in [3.63, 3.8) is 0 Å². The Bertz CT molecular complexity index is 1610. The van der Waals surface area contributed by atoms with Gasteiger partial charge in [-0.3, -0.25) is 10.0 Å². The highest BCUT2D eigenvalue weighted by Gasteiger charge is 2.27. The molecular weight excluding hydrogens is 466 g/mol. The van der Waals surface area contributed by atoms with Gasteiger partial charge in [0.1, 0.15) is 17.2 Å². The Hall–Kier alpha value is -4.79. The average Bonchev–Trinajstić information content (AvgIpc) is 3.21. The highest BCUT2D eigenvalue weighted by atomic mass is 19.1. The molecule has 5 rings (SSSR count). The van der Waals surface area contributed by atoms with Gasteiger partial charge in [0.15, 0.2) is 11.6 Å². The number of ether oxygens (including phenoxy) is 1. The Labute approximate surface area is 204 Å². The number of amides is 1. The van der Waals surface area contributed by atoms with Gasteiger partial charge in [-0.15, -0.1) is 0 Å². The SMILES string of the molecule is Cc1cn2cc(Oc3ccc(NC(=O)c4ccc(C)c(-c5ccc(F)cc5)[n+]4O)cc3F)ccc2n1. The van der Waals surface area contributed by atoms with Gasteiger partial charge in [-0.05, 0) is 68.4 Å². The normalized spacial score (nSPS) is 11.0. The van der Waals surface area contributed by atoms with Crippen LogP contribution in [-0.2, 0) is 0 Å². The van der Waals surface area contributed by atoms with Crippen molar-refractivity contribution in [2.24, 2.45) is 0 Å². The summed E-state index contributed by atoms with van der Waals surface area (Å²) in [6.07, 6.45) is 3.53. The first kappa shape index (κ1) is 23.0. The van der Waals surface area contributed by atoms with Gasteiger partial charge in [0.2, 0.25) is 0 Å². The minimum absolute atomic E-state index is 0.0182. The molecule has 0 aliphatic heterocycles. The highest BCUT2D eigenvalue weighted by Crippen LogP contribution is 2.27. The lowest BCUT2D eigenvalue weighted by molar-refractivity contribution is -0.897. The second-order valence-electron chi connectivity index (χ2n) is 8.28. The maximum absolute atomic E-state index is 14.8. The van der Waals surface area contributed by atoms with Crippen molar-refractivity contribution in [1.29, 1.82) is 0 Å². The van der Waals surface area contributed by atoms with Gasteiger partial charge < -0.3 is 14.5 Å². The van der Waals surface area contributed by atoms with E-state index < -0.39 is 17.5 Å². The number of fused-ring (bicyclic) bond motifs is 1. The first-order valence-electron chi connectivity index (χ1n) is 11.0. The molecule has 180 valence electrons. The third-order valence-electron chi connectivity index (χ3n) is 5.62. The van der Waals surface area contributed by atoms with Crippen LogP contribution in [0.1, 0.15) is 21.7 Å². The predicted molar refractivity (Wildman–Crippen MR) is 128 cm³/mol. The van der Waals surface area contributed by atoms with E-state index in [2.05, 4.69) is 10.3 Å². The van der Waals surface area contributed by atoms with E-state index in [-0.39, 0.29) is 17.1 Å². The number of carbonyl (C=O) groups excluding carboxylic acids is 1. The van der Waals surface area contributed by atoms with Gasteiger partial charge in [-0.25, -0.2) is 13.8 Å². The van der Waals surface area contributed by atoms with Crippen molar-refractivity contribution in [2.75, 3.05) is 5.32 Å². The van der Waals surface area contributed by atoms with Crippen LogP contribution in [0.15, 0.2) is 79.1 Å². The number of hydrogen-bond donors (Lipinski definition) is 2. The molecule has 3 heterocycles. The predicted octanol–water partition coefficient (Wildman–Crippen LogP) is 5.47. The Balaban J connectivity index is 1.36. The van der Waals surface area contributed by atoms with E-state index in [1.54, 1.807) is 35.7 Å². The first-order valence-corrected chi connectivity index (χ1v) is 11.0. The molecule has 2 aromatic carbocycles. The molecule has 36 heavy (non-hydrogen) atoms. The maximum Gasteiger partial charge on any atom is 0.325 e. The Morgan fingerprint density at radius 2 is 1.78 bits per heavy atom. The number of nitrogens with zero attached hydrogens (tertiary/aromatic N) is 3. The van der Waals surface area contributed by atoms with Crippen LogP contribution >= 0.6 is 0 Å². The number of rotatable bonds is 5. The largest absolute Gasteiger partial charge is 0.453 e. The number of nitrogens with one attached hydrogen (secondary N) is 1. The number of imidazole rings is 1. The molecule has 0 fully saturated rings. The number of hydrogen-bond acceptors (Lipinski definition) is 4. The van der Waals surface area contributed by atoms with Crippen molar-refractivity contribution in [3.8, 4) is 22.8 Å². The fourth-order valence-electron chi connectivity index (χ4n) is 3.91. The van der Waals surface area contributed by atoms with E-state index >= 15 is 0 Å². The second-order valence-corrected chi connectivity index (χ2v) is 8.28. The summed E-state index contributed by atoms with van der Waals surface area (Å²) < 4.78 is 36.3. The fraction of sp³-hybridized carbons (Fsp3) is 0.0741. The van der Waals surface area contributed by atoms with Gasteiger partial charge in [-0.1, -0.05) is 0 Å². The summed E-state index contributed by atoms with van der Waals surface area (Å²) in [5, 5.41) is 13.3. The van der Waals surface area contributed by atoms with Crippen LogP contribution in [0.2, 0.25) is 0 Å². The van der Waals surface area contributed by atoms with Gasteiger partial charge in [0.25, 0.3) is 5.69 Å². The zero-order valence-corrected chi connectivity index (χ0v) is 19.4. The summed E-state index contributed by atoms with van der Waals surface area (Å²) >= 11 is 0. The van der Waals surface area contributed by atoms with Gasteiger partial charge >= 0.3 is 11.6 Å². The Morgan fingerprint density at radius 1 is 1.00 bits per heavy atom. The number of halogens is 2. The van der Waals surface area contributed by atoms with Crippen molar-refractivity contribution in [1.82, 2.24) is 9.38 Å². The third-order valence-corrected chi connectivity index (χ3v) is 5.62. The molecule has 0 aliphatic carbocycles. The summed E-state index contributed by atoms with van der Waals surface area (Å²) in [5.41, 5.74) is 3.24. The zero-order chi connectivity index (χ0) is 25.4. The lowest BCUT2D eigenvalue weighted by Crippen LogP contribution is -2.42. The number of benzene rings is 2. The van der Waals surface area contributed by atoms with E-state index in [1.165, 1.54) is 42.5 Å². The van der Waals surface area contributed by atoms with Crippen LogP contribution in [0.4, 0.5) is 14.5 Å². The topological polar surface area (TPSA) is 79.7 Å². The summed E-state index contributed by atoms with van der Waals surface area (Å²) in [5.74, 6) is -1.35. The standard InChI is InChI=1S/C27H20F2N4O3/c1-16-3-10-23(33(35)26(16)18-4-6-19(28)7-5-18)27(34)31-20-8-11-24(22(29)13-20)36-21-9-12-25-30-17(2)14-32(25)15-21/h3-15H,1-2H3,(H-,31,34,35)/p+1. The molecule has 0 radical (unpaired) electrons. The summed E-state index contributed by atoms with van der Waals surface area (Å²) in [6.45, 7) is 3.63. The van der Waals surface area contributed by atoms with E-state index in [4.69, 9.17) is 4.74 Å². The van der Waals surface area contributed by atoms with E-state index in [1.807, 2.05) is 13.1 Å². The maximum atomic E-state index is 14.8. The van der Waals surface area contributed by atoms with Gasteiger partial charge in [-0.2, -0.15) is 0 Å². The Kier molecular flexibility index (Phi) is 5.81. The molecule has 5 aromatic rings. The number of aryl methyl sites for hydroxylation is 2. The smallest absolute Gasteiger partial charge is 0.325 e. The molecule has 9 heteroatoms. The number of anilines is 1. The number of carbonyl (C=O) groups is 1. The fourth-order valence-corrected chi connectivity index (χ4v) is 3.91. The monoisotopic (exact) mass is 487 g/mol. The van der Waals surface area contributed by atoms with Crippen molar-refractivity contribution in [2.45, 2.75) is 13.8 Å². The second kappa shape index (κ2) is 9.10. The lowest BCUT2D eigenvalue weighted by Gasteiger charge is -2.10. The molecular formula is C27H21F2N4O3+. The molecule has 0 atom stereocenters. The van der Waals surface area contributed by atoms with E-state index in [0.29, 0.717) is 22.6 Å². The van der Waals surface area contributed by atoms with Crippen LogP contribution in [0.5, 0.6) is 11.5 Å². The molecule has 1 amide bonds. The van der Waals surface area contributed by atoms with Crippen molar-refractivity contribution in [3.05, 3.63) is 108 Å². The highest BCUT2D eigenvalue weighted by molar-refractivity contribution is 6.02. The average molecular weight is 487 g/mol. The molecule has 3 aromatic heterocycles. The number of pyridine rings is 2. The molecule has 0 bridgehead atoms. The van der Waals surface area contributed by atoms with Crippen LogP contribution in [-0.4, -0.2) is 20.5 Å². The Morgan fingerprint density at radius 3 is 2.53 bits per heavy atom. The molecule has 7 nitrogen and oxygen atoms in total.